The van der Waals surface area contributed by atoms with Crippen LogP contribution in [0.4, 0.5) is 11.4 Å². The van der Waals surface area contributed by atoms with Crippen molar-refractivity contribution < 1.29 is 13.2 Å². The van der Waals surface area contributed by atoms with Gasteiger partial charge in [0, 0.05) is 17.3 Å². The zero-order valence-corrected chi connectivity index (χ0v) is 15.4. The largest absolute Gasteiger partial charge is 0.322 e. The molecule has 0 spiro atoms. The molecule has 1 heterocycles. The zero-order valence-electron chi connectivity index (χ0n) is 14.6. The summed E-state index contributed by atoms with van der Waals surface area (Å²) in [5.74, 6) is -0.258. The minimum atomic E-state index is -3.35. The van der Waals surface area contributed by atoms with Gasteiger partial charge in [-0.15, -0.1) is 0 Å². The number of rotatable bonds is 4. The van der Waals surface area contributed by atoms with Crippen molar-refractivity contribution >= 4 is 27.3 Å². The second-order valence-corrected chi connectivity index (χ2v) is 8.30. The molecule has 1 aliphatic heterocycles. The van der Waals surface area contributed by atoms with Crippen LogP contribution in [0.3, 0.4) is 0 Å². The van der Waals surface area contributed by atoms with Crippen molar-refractivity contribution in [3.63, 3.8) is 0 Å². The summed E-state index contributed by atoms with van der Waals surface area (Å²) in [7, 11) is -3.35. The predicted octanol–water partition coefficient (Wildman–Crippen LogP) is 2.72. The lowest BCUT2D eigenvalue weighted by Gasteiger charge is -2.21. The molecule has 0 aliphatic carbocycles. The van der Waals surface area contributed by atoms with Crippen molar-refractivity contribution in [1.82, 2.24) is 0 Å². The van der Waals surface area contributed by atoms with Gasteiger partial charge in [0.1, 0.15) is 0 Å². The van der Waals surface area contributed by atoms with E-state index in [1.807, 2.05) is 6.92 Å². The van der Waals surface area contributed by atoms with Gasteiger partial charge in [-0.2, -0.15) is 5.26 Å². The smallest absolute Gasteiger partial charge is 0.255 e. The Balaban J connectivity index is 1.80. The molecule has 0 unspecified atom stereocenters. The normalized spacial score (nSPS) is 16.0. The highest BCUT2D eigenvalue weighted by Gasteiger charge is 2.32. The van der Waals surface area contributed by atoms with E-state index in [1.54, 1.807) is 42.5 Å². The lowest BCUT2D eigenvalue weighted by atomic mass is 10.1. The molecule has 0 saturated heterocycles. The van der Waals surface area contributed by atoms with Gasteiger partial charge in [0.15, 0.2) is 0 Å². The number of nitrogens with one attached hydrogen (secondary N) is 1. The van der Waals surface area contributed by atoms with Gasteiger partial charge in [0.2, 0.25) is 10.0 Å². The molecule has 6 nitrogen and oxygen atoms in total. The summed E-state index contributed by atoms with van der Waals surface area (Å²) in [6.07, 6.45) is 2.09. The molecule has 1 amide bonds. The molecule has 0 fully saturated rings. The molecule has 0 aromatic heterocycles. The summed E-state index contributed by atoms with van der Waals surface area (Å²) in [5.41, 5.74) is 3.49. The van der Waals surface area contributed by atoms with Crippen LogP contribution in [0.2, 0.25) is 0 Å². The Hall–Kier alpha value is -2.85. The highest BCUT2D eigenvalue weighted by atomic mass is 32.2. The molecule has 2 aromatic rings. The van der Waals surface area contributed by atoms with E-state index in [2.05, 4.69) is 11.4 Å². The molecule has 134 valence electrons. The number of benzene rings is 2. The number of fused-ring (bicyclic) bond motifs is 1. The number of nitriles is 1. The van der Waals surface area contributed by atoms with E-state index in [-0.39, 0.29) is 11.9 Å². The first kappa shape index (κ1) is 18.0. The first-order valence-electron chi connectivity index (χ1n) is 8.19. The van der Waals surface area contributed by atoms with Crippen molar-refractivity contribution in [2.45, 2.75) is 25.8 Å². The van der Waals surface area contributed by atoms with Crippen molar-refractivity contribution in [2.24, 2.45) is 0 Å². The molecule has 26 heavy (non-hydrogen) atoms. The lowest BCUT2D eigenvalue weighted by molar-refractivity contribution is 0.102. The molecule has 1 N–H and O–H groups in total. The van der Waals surface area contributed by atoms with Gasteiger partial charge < -0.3 is 5.32 Å². The van der Waals surface area contributed by atoms with Gasteiger partial charge in [-0.1, -0.05) is 12.1 Å². The van der Waals surface area contributed by atoms with Crippen LogP contribution in [0.15, 0.2) is 42.5 Å². The number of nitrogens with zero attached hydrogens (tertiary/aromatic N) is 2. The molecular weight excluding hydrogens is 350 g/mol. The minimum absolute atomic E-state index is 0.161. The maximum Gasteiger partial charge on any atom is 0.255 e. The maximum atomic E-state index is 12.5. The van der Waals surface area contributed by atoms with Gasteiger partial charge >= 0.3 is 0 Å². The van der Waals surface area contributed by atoms with Crippen molar-refractivity contribution in [3.05, 3.63) is 59.2 Å². The number of hydrogen-bond donors (Lipinski definition) is 1. The molecule has 1 aliphatic rings. The van der Waals surface area contributed by atoms with Gasteiger partial charge in [0.05, 0.1) is 24.4 Å². The Kier molecular flexibility index (Phi) is 4.70. The van der Waals surface area contributed by atoms with Gasteiger partial charge in [0.25, 0.3) is 5.91 Å². The van der Waals surface area contributed by atoms with Crippen LogP contribution in [0.1, 0.15) is 28.4 Å². The van der Waals surface area contributed by atoms with E-state index in [4.69, 9.17) is 5.26 Å². The van der Waals surface area contributed by atoms with E-state index >= 15 is 0 Å². The predicted molar refractivity (Wildman–Crippen MR) is 101 cm³/mol. The Bertz CT molecular complexity index is 992. The van der Waals surface area contributed by atoms with Crippen LogP contribution in [0, 0.1) is 11.3 Å². The van der Waals surface area contributed by atoms with Crippen LogP contribution in [-0.4, -0.2) is 26.6 Å². The molecule has 0 bridgehead atoms. The van der Waals surface area contributed by atoms with Crippen molar-refractivity contribution in [3.8, 4) is 6.07 Å². The first-order chi connectivity index (χ1) is 12.3. The topological polar surface area (TPSA) is 90.3 Å². The van der Waals surface area contributed by atoms with E-state index in [0.717, 1.165) is 11.1 Å². The Morgan fingerprint density at radius 2 is 1.96 bits per heavy atom. The third kappa shape index (κ3) is 3.55. The third-order valence-corrected chi connectivity index (χ3v) is 5.62. The summed E-state index contributed by atoms with van der Waals surface area (Å²) in [6.45, 7) is 1.85. The number of hydrogen-bond acceptors (Lipinski definition) is 4. The summed E-state index contributed by atoms with van der Waals surface area (Å²) in [4.78, 5) is 12.5. The van der Waals surface area contributed by atoms with Crippen LogP contribution >= 0.6 is 0 Å². The number of anilines is 2. The number of carbonyl (C=O) groups excluding carboxylic acids is 1. The van der Waals surface area contributed by atoms with E-state index < -0.39 is 10.0 Å². The summed E-state index contributed by atoms with van der Waals surface area (Å²) in [6, 6.07) is 14.1. The van der Waals surface area contributed by atoms with Gasteiger partial charge in [-0.05, 0) is 54.8 Å². The third-order valence-electron chi connectivity index (χ3n) is 4.35. The monoisotopic (exact) mass is 369 g/mol. The molecule has 3 rings (SSSR count). The fraction of sp³-hybridized carbons (Fsp3) is 0.263. The standard InChI is InChI=1S/C19H19N3O3S/c1-13-11-16-12-15(5-8-18(16)22(13)26(2,24)25)19(23)21-17-6-3-14(4-7-17)9-10-20/h3-8,12-13H,9,11H2,1-2H3,(H,21,23)/t13-/m0/s1. The van der Waals surface area contributed by atoms with Crippen LogP contribution in [-0.2, 0) is 22.9 Å². The molecule has 0 saturated carbocycles. The second kappa shape index (κ2) is 6.81. The molecule has 7 heteroatoms. The fourth-order valence-corrected chi connectivity index (χ4v) is 4.51. The Labute approximate surface area is 153 Å². The van der Waals surface area contributed by atoms with E-state index in [0.29, 0.717) is 29.8 Å². The van der Waals surface area contributed by atoms with Crippen LogP contribution in [0.5, 0.6) is 0 Å². The van der Waals surface area contributed by atoms with Gasteiger partial charge in [-0.25, -0.2) is 8.42 Å². The molecular formula is C19H19N3O3S. The SMILES string of the molecule is C[C@H]1Cc2cc(C(=O)Nc3ccc(CC#N)cc3)ccc2N1S(C)(=O)=O. The van der Waals surface area contributed by atoms with E-state index in [1.165, 1.54) is 10.6 Å². The van der Waals surface area contributed by atoms with Crippen molar-refractivity contribution in [1.29, 1.82) is 5.26 Å². The highest BCUT2D eigenvalue weighted by Crippen LogP contribution is 2.34. The minimum Gasteiger partial charge on any atom is -0.322 e. The van der Waals surface area contributed by atoms with Crippen LogP contribution in [0.25, 0.3) is 0 Å². The average Bonchev–Trinajstić information content (AvgIpc) is 2.91. The Morgan fingerprint density at radius 1 is 1.27 bits per heavy atom. The van der Waals surface area contributed by atoms with Crippen LogP contribution < -0.4 is 9.62 Å². The van der Waals surface area contributed by atoms with E-state index in [9.17, 15) is 13.2 Å². The molecule has 2 aromatic carbocycles. The lowest BCUT2D eigenvalue weighted by Crippen LogP contribution is -2.34. The summed E-state index contributed by atoms with van der Waals surface area (Å²) >= 11 is 0. The second-order valence-electron chi connectivity index (χ2n) is 6.44. The number of carbonyl (C=O) groups is 1. The first-order valence-corrected chi connectivity index (χ1v) is 10.0. The summed E-state index contributed by atoms with van der Waals surface area (Å²) < 4.78 is 25.3. The molecule has 1 atom stereocenters. The number of sulfonamides is 1. The van der Waals surface area contributed by atoms with Crippen molar-refractivity contribution in [2.75, 3.05) is 15.9 Å². The van der Waals surface area contributed by atoms with Gasteiger partial charge in [-0.3, -0.25) is 9.10 Å². The average molecular weight is 369 g/mol. The maximum absolute atomic E-state index is 12.5. The highest BCUT2D eigenvalue weighted by molar-refractivity contribution is 7.92. The molecule has 0 radical (unpaired) electrons. The number of amides is 1. The Morgan fingerprint density at radius 3 is 2.58 bits per heavy atom. The zero-order chi connectivity index (χ0) is 18.9. The quantitative estimate of drug-likeness (QED) is 0.897. The summed E-state index contributed by atoms with van der Waals surface area (Å²) in [5, 5.41) is 11.5. The fourth-order valence-electron chi connectivity index (χ4n) is 3.25.